The van der Waals surface area contributed by atoms with Gasteiger partial charge in [-0.25, -0.2) is 8.42 Å². The SMILES string of the molecule is CCN(CCNc1cc(Cl)ccc1C)S(=O)(=O)c1ccc2c(c1)CCN2C.O=CCCC(=O)O. The Morgan fingerprint density at radius 3 is 2.62 bits per heavy atom. The van der Waals surface area contributed by atoms with Gasteiger partial charge in [0, 0.05) is 56.0 Å². The maximum atomic E-state index is 13.1. The Morgan fingerprint density at radius 1 is 1.26 bits per heavy atom. The Balaban J connectivity index is 0.000000509. The molecule has 0 aliphatic carbocycles. The van der Waals surface area contributed by atoms with E-state index in [4.69, 9.17) is 16.7 Å². The number of carboxylic acid groups (broad SMARTS) is 1. The first-order chi connectivity index (χ1) is 16.1. The van der Waals surface area contributed by atoms with Crippen LogP contribution in [-0.2, 0) is 26.0 Å². The summed E-state index contributed by atoms with van der Waals surface area (Å²) in [5, 5.41) is 11.8. The molecule has 0 amide bonds. The summed E-state index contributed by atoms with van der Waals surface area (Å²) in [6.45, 7) is 6.12. The number of carbonyl (C=O) groups excluding carboxylic acids is 1. The molecular formula is C24H32ClN3O5S. The summed E-state index contributed by atoms with van der Waals surface area (Å²) in [6, 6.07) is 11.1. The number of nitrogens with one attached hydrogen (secondary N) is 1. The number of anilines is 2. The van der Waals surface area contributed by atoms with Crippen molar-refractivity contribution in [3.8, 4) is 0 Å². The minimum Gasteiger partial charge on any atom is -0.481 e. The number of aryl methyl sites for hydroxylation is 1. The van der Waals surface area contributed by atoms with E-state index in [0.29, 0.717) is 35.8 Å². The number of aldehydes is 1. The number of halogens is 1. The van der Waals surface area contributed by atoms with Gasteiger partial charge >= 0.3 is 5.97 Å². The average molecular weight is 510 g/mol. The van der Waals surface area contributed by atoms with Gasteiger partial charge in [0.25, 0.3) is 0 Å². The first-order valence-corrected chi connectivity index (χ1v) is 12.9. The van der Waals surface area contributed by atoms with Gasteiger partial charge in [0.2, 0.25) is 10.0 Å². The fourth-order valence-electron chi connectivity index (χ4n) is 3.58. The van der Waals surface area contributed by atoms with Gasteiger partial charge in [-0.2, -0.15) is 4.31 Å². The average Bonchev–Trinajstić information content (AvgIpc) is 3.18. The molecule has 0 aromatic heterocycles. The molecule has 1 aliphatic heterocycles. The van der Waals surface area contributed by atoms with Gasteiger partial charge < -0.3 is 20.1 Å². The molecule has 0 radical (unpaired) electrons. The second kappa shape index (κ2) is 12.7. The minimum atomic E-state index is -3.51. The molecule has 0 atom stereocenters. The van der Waals surface area contributed by atoms with E-state index in [9.17, 15) is 18.0 Å². The van der Waals surface area contributed by atoms with Gasteiger partial charge in [-0.15, -0.1) is 0 Å². The van der Waals surface area contributed by atoms with Crippen LogP contribution in [0.4, 0.5) is 11.4 Å². The van der Waals surface area contributed by atoms with Crippen molar-refractivity contribution in [2.75, 3.05) is 43.4 Å². The van der Waals surface area contributed by atoms with Crippen LogP contribution in [0.5, 0.6) is 0 Å². The molecule has 0 unspecified atom stereocenters. The van der Waals surface area contributed by atoms with Crippen LogP contribution in [0.2, 0.25) is 5.02 Å². The summed E-state index contributed by atoms with van der Waals surface area (Å²) in [7, 11) is -1.48. The molecule has 3 rings (SSSR count). The molecule has 2 aromatic rings. The monoisotopic (exact) mass is 509 g/mol. The van der Waals surface area contributed by atoms with Crippen molar-refractivity contribution >= 4 is 45.3 Å². The Labute approximate surface area is 206 Å². The molecule has 0 fully saturated rings. The Bertz CT molecular complexity index is 1110. The third kappa shape index (κ3) is 7.44. The number of sulfonamides is 1. The van der Waals surface area contributed by atoms with Crippen LogP contribution < -0.4 is 10.2 Å². The number of fused-ring (bicyclic) bond motifs is 1. The zero-order valence-electron chi connectivity index (χ0n) is 19.8. The number of likely N-dealkylation sites (N-methyl/N-ethyl adjacent to an activating group) is 2. The van der Waals surface area contributed by atoms with Crippen LogP contribution in [0.1, 0.15) is 30.9 Å². The molecule has 0 bridgehead atoms. The van der Waals surface area contributed by atoms with E-state index in [2.05, 4.69) is 10.2 Å². The predicted molar refractivity (Wildman–Crippen MR) is 135 cm³/mol. The predicted octanol–water partition coefficient (Wildman–Crippen LogP) is 3.81. The van der Waals surface area contributed by atoms with Gasteiger partial charge in [0.15, 0.2) is 0 Å². The van der Waals surface area contributed by atoms with Crippen molar-refractivity contribution in [1.82, 2.24) is 4.31 Å². The van der Waals surface area contributed by atoms with Crippen LogP contribution in [0.3, 0.4) is 0 Å². The Morgan fingerprint density at radius 2 is 2.00 bits per heavy atom. The second-order valence-electron chi connectivity index (χ2n) is 7.94. The van der Waals surface area contributed by atoms with Gasteiger partial charge in [-0.3, -0.25) is 4.79 Å². The number of carboxylic acids is 1. The van der Waals surface area contributed by atoms with Crippen molar-refractivity contribution in [2.24, 2.45) is 0 Å². The lowest BCUT2D eigenvalue weighted by Crippen LogP contribution is -2.35. The van der Waals surface area contributed by atoms with E-state index >= 15 is 0 Å². The normalized spacial score (nSPS) is 12.7. The Kier molecular flexibility index (Phi) is 10.3. The summed E-state index contributed by atoms with van der Waals surface area (Å²) < 4.78 is 27.7. The molecule has 10 heteroatoms. The zero-order valence-corrected chi connectivity index (χ0v) is 21.3. The van der Waals surface area contributed by atoms with E-state index in [1.54, 1.807) is 6.07 Å². The van der Waals surface area contributed by atoms with Gasteiger partial charge in [-0.1, -0.05) is 24.6 Å². The van der Waals surface area contributed by atoms with E-state index in [-0.39, 0.29) is 12.8 Å². The third-order valence-corrected chi connectivity index (χ3v) is 7.73. The van der Waals surface area contributed by atoms with Crippen molar-refractivity contribution in [3.05, 3.63) is 52.5 Å². The first kappa shape index (κ1) is 27.6. The third-order valence-electron chi connectivity index (χ3n) is 5.52. The van der Waals surface area contributed by atoms with E-state index in [1.165, 1.54) is 4.31 Å². The smallest absolute Gasteiger partial charge is 0.303 e. The molecule has 2 N–H and O–H groups in total. The van der Waals surface area contributed by atoms with E-state index < -0.39 is 16.0 Å². The van der Waals surface area contributed by atoms with Gasteiger partial charge in [0.05, 0.1) is 11.3 Å². The van der Waals surface area contributed by atoms with E-state index in [0.717, 1.165) is 35.5 Å². The maximum absolute atomic E-state index is 13.1. The molecule has 2 aromatic carbocycles. The summed E-state index contributed by atoms with van der Waals surface area (Å²) in [6.07, 6.45) is 1.55. The molecule has 186 valence electrons. The lowest BCUT2D eigenvalue weighted by Gasteiger charge is -2.22. The van der Waals surface area contributed by atoms with Crippen LogP contribution in [-0.4, -0.2) is 63.3 Å². The number of hydrogen-bond acceptors (Lipinski definition) is 6. The van der Waals surface area contributed by atoms with Gasteiger partial charge in [0.1, 0.15) is 6.29 Å². The highest BCUT2D eigenvalue weighted by Gasteiger charge is 2.25. The fourth-order valence-corrected chi connectivity index (χ4v) is 5.26. The molecule has 0 spiro atoms. The lowest BCUT2D eigenvalue weighted by atomic mass is 10.2. The Hall–Kier alpha value is -2.62. The summed E-state index contributed by atoms with van der Waals surface area (Å²) in [5.74, 6) is -0.924. The van der Waals surface area contributed by atoms with Crippen molar-refractivity contribution in [2.45, 2.75) is 38.0 Å². The summed E-state index contributed by atoms with van der Waals surface area (Å²) >= 11 is 6.05. The van der Waals surface area contributed by atoms with Gasteiger partial charge in [-0.05, 0) is 54.8 Å². The standard InChI is InChI=1S/C20H26ClN3O2S.C4H6O3/c1-4-24(12-10-22-19-14-17(21)6-5-15(19)2)27(25,26)18-7-8-20-16(13-18)9-11-23(20)3;5-3-1-2-4(6)7/h5-8,13-14,22H,4,9-12H2,1-3H3;3H,1-2H2,(H,6,7). The molecule has 34 heavy (non-hydrogen) atoms. The first-order valence-electron chi connectivity index (χ1n) is 11.1. The number of carbonyl (C=O) groups is 2. The number of nitrogens with zero attached hydrogens (tertiary/aromatic N) is 2. The molecule has 1 aliphatic rings. The fraction of sp³-hybridized carbons (Fsp3) is 0.417. The number of rotatable bonds is 10. The number of hydrogen-bond donors (Lipinski definition) is 2. The quantitative estimate of drug-likeness (QED) is 0.469. The maximum Gasteiger partial charge on any atom is 0.303 e. The lowest BCUT2D eigenvalue weighted by molar-refractivity contribution is -0.137. The van der Waals surface area contributed by atoms with Crippen molar-refractivity contribution in [1.29, 1.82) is 0 Å². The molecular weight excluding hydrogens is 478 g/mol. The van der Waals surface area contributed by atoms with Crippen molar-refractivity contribution < 1.29 is 23.1 Å². The largest absolute Gasteiger partial charge is 0.481 e. The summed E-state index contributed by atoms with van der Waals surface area (Å²) in [5.41, 5.74) is 4.22. The zero-order chi connectivity index (χ0) is 25.3. The molecule has 1 heterocycles. The van der Waals surface area contributed by atoms with Crippen LogP contribution in [0.25, 0.3) is 0 Å². The summed E-state index contributed by atoms with van der Waals surface area (Å²) in [4.78, 5) is 21.6. The molecule has 0 saturated carbocycles. The highest BCUT2D eigenvalue weighted by molar-refractivity contribution is 7.89. The minimum absolute atomic E-state index is 0.0521. The highest BCUT2D eigenvalue weighted by atomic mass is 35.5. The molecule has 0 saturated heterocycles. The number of benzene rings is 2. The van der Waals surface area contributed by atoms with Crippen molar-refractivity contribution in [3.63, 3.8) is 0 Å². The van der Waals surface area contributed by atoms with E-state index in [1.807, 2.05) is 51.2 Å². The van der Waals surface area contributed by atoms with Crippen LogP contribution in [0.15, 0.2) is 41.3 Å². The highest BCUT2D eigenvalue weighted by Crippen LogP contribution is 2.30. The van der Waals surface area contributed by atoms with Crippen LogP contribution in [0, 0.1) is 6.92 Å². The topological polar surface area (TPSA) is 107 Å². The second-order valence-corrected chi connectivity index (χ2v) is 10.3. The number of aliphatic carboxylic acids is 1. The van der Waals surface area contributed by atoms with Crippen LogP contribution >= 0.6 is 11.6 Å². The molecule has 8 nitrogen and oxygen atoms in total.